The van der Waals surface area contributed by atoms with E-state index in [1.54, 1.807) is 18.2 Å². The molecule has 0 saturated carbocycles. The number of nitrogens with one attached hydrogen (secondary N) is 1. The lowest BCUT2D eigenvalue weighted by Gasteiger charge is -2.13. The van der Waals surface area contributed by atoms with Crippen molar-refractivity contribution in [2.24, 2.45) is 0 Å². The van der Waals surface area contributed by atoms with Gasteiger partial charge in [0.1, 0.15) is 11.5 Å². The van der Waals surface area contributed by atoms with Gasteiger partial charge in [-0.25, -0.2) is 9.78 Å². The molecule has 1 N–H and O–H groups in total. The van der Waals surface area contributed by atoms with Crippen LogP contribution in [-0.4, -0.2) is 32.0 Å². The molecular weight excluding hydrogens is 518 g/mol. The van der Waals surface area contributed by atoms with Crippen LogP contribution in [0.1, 0.15) is 48.0 Å². The fourth-order valence-corrected chi connectivity index (χ4v) is 5.60. The fraction of sp³-hybridized carbons (Fsp3) is 0.250. The van der Waals surface area contributed by atoms with Gasteiger partial charge < -0.3 is 14.6 Å². The summed E-state index contributed by atoms with van der Waals surface area (Å²) in [7, 11) is 1.38. The van der Waals surface area contributed by atoms with Crippen molar-refractivity contribution in [1.29, 1.82) is 0 Å². The van der Waals surface area contributed by atoms with Crippen molar-refractivity contribution in [3.05, 3.63) is 106 Å². The maximum absolute atomic E-state index is 12.5. The molecule has 0 fully saturated rings. The number of hydrogen-bond donors (Lipinski definition) is 1. The fourth-order valence-electron chi connectivity index (χ4n) is 5.60. The Morgan fingerprint density at radius 2 is 1.85 bits per heavy atom. The predicted octanol–water partition coefficient (Wildman–Crippen LogP) is 7.15. The summed E-state index contributed by atoms with van der Waals surface area (Å²) >= 11 is 0. The van der Waals surface area contributed by atoms with Gasteiger partial charge in [0.2, 0.25) is 5.78 Å². The zero-order valence-corrected chi connectivity index (χ0v) is 22.9. The molecular formula is C32H31N5O4. The van der Waals surface area contributed by atoms with Crippen molar-refractivity contribution in [2.45, 2.75) is 45.2 Å². The summed E-state index contributed by atoms with van der Waals surface area (Å²) in [6, 6.07) is 22.1. The number of esters is 1. The molecule has 5 aromatic rings. The Hall–Kier alpha value is -4.92. The summed E-state index contributed by atoms with van der Waals surface area (Å²) in [5.74, 6) is 1.08. The minimum atomic E-state index is -0.408. The molecule has 9 heteroatoms. The molecule has 2 heterocycles. The average Bonchev–Trinajstić information content (AvgIpc) is 3.54. The van der Waals surface area contributed by atoms with Crippen molar-refractivity contribution >= 4 is 34.3 Å². The number of rotatable bonds is 9. The Balaban J connectivity index is 1.54. The van der Waals surface area contributed by atoms with Gasteiger partial charge in [-0.05, 0) is 68.0 Å². The lowest BCUT2D eigenvalue weighted by Crippen LogP contribution is -2.04. The van der Waals surface area contributed by atoms with Crippen molar-refractivity contribution in [2.75, 3.05) is 12.4 Å². The lowest BCUT2D eigenvalue weighted by atomic mass is 9.97. The first-order chi connectivity index (χ1) is 20.0. The third-order valence-corrected chi connectivity index (χ3v) is 7.73. The number of nitro benzene ring substituents is 1. The van der Waals surface area contributed by atoms with Gasteiger partial charge in [-0.2, -0.15) is 0 Å². The third-order valence-electron chi connectivity index (χ3n) is 7.73. The van der Waals surface area contributed by atoms with E-state index in [4.69, 9.17) is 9.72 Å². The summed E-state index contributed by atoms with van der Waals surface area (Å²) in [5, 5.41) is 14.9. The Kier molecular flexibility index (Phi) is 7.24. The molecule has 1 aliphatic rings. The molecule has 0 spiro atoms. The van der Waals surface area contributed by atoms with E-state index in [2.05, 4.69) is 20.4 Å². The Morgan fingerprint density at radius 1 is 1.05 bits per heavy atom. The highest BCUT2D eigenvalue weighted by atomic mass is 16.6. The van der Waals surface area contributed by atoms with Gasteiger partial charge in [0.15, 0.2) is 0 Å². The van der Waals surface area contributed by atoms with E-state index in [1.165, 1.54) is 37.7 Å². The van der Waals surface area contributed by atoms with Crippen molar-refractivity contribution in [1.82, 2.24) is 14.0 Å². The van der Waals surface area contributed by atoms with Gasteiger partial charge in [0, 0.05) is 30.8 Å². The number of carbonyl (C=O) groups is 1. The first-order valence-electron chi connectivity index (χ1n) is 13.9. The van der Waals surface area contributed by atoms with Crippen LogP contribution >= 0.6 is 0 Å². The second-order valence-corrected chi connectivity index (χ2v) is 10.3. The van der Waals surface area contributed by atoms with Gasteiger partial charge in [-0.15, -0.1) is 0 Å². The average molecular weight is 550 g/mol. The van der Waals surface area contributed by atoms with Crippen LogP contribution in [0, 0.1) is 10.1 Å². The molecule has 9 nitrogen and oxygen atoms in total. The Bertz CT molecular complexity index is 1770. The van der Waals surface area contributed by atoms with Crippen LogP contribution in [0.3, 0.4) is 0 Å². The number of imidazole rings is 2. The van der Waals surface area contributed by atoms with Crippen LogP contribution in [0.25, 0.3) is 28.1 Å². The highest BCUT2D eigenvalue weighted by Gasteiger charge is 2.23. The number of allylic oxidation sites excluding steroid dienone is 2. The van der Waals surface area contributed by atoms with Gasteiger partial charge in [0.05, 0.1) is 28.6 Å². The highest BCUT2D eigenvalue weighted by Crippen LogP contribution is 2.35. The van der Waals surface area contributed by atoms with Crippen LogP contribution in [0.15, 0.2) is 84.4 Å². The molecule has 6 rings (SSSR count). The molecule has 1 aliphatic carbocycles. The number of benzene rings is 3. The minimum Gasteiger partial charge on any atom is -0.465 e. The van der Waals surface area contributed by atoms with E-state index in [1.807, 2.05) is 42.5 Å². The van der Waals surface area contributed by atoms with Crippen molar-refractivity contribution < 1.29 is 14.5 Å². The van der Waals surface area contributed by atoms with Crippen LogP contribution < -0.4 is 5.32 Å². The molecule has 0 unspecified atom stereocenters. The Morgan fingerprint density at radius 3 is 2.56 bits per heavy atom. The summed E-state index contributed by atoms with van der Waals surface area (Å²) in [4.78, 5) is 28.5. The number of anilines is 1. The number of nitrogens with zero attached hydrogens (tertiary/aromatic N) is 4. The zero-order chi connectivity index (χ0) is 28.3. The van der Waals surface area contributed by atoms with E-state index < -0.39 is 10.9 Å². The van der Waals surface area contributed by atoms with Crippen molar-refractivity contribution in [3.63, 3.8) is 0 Å². The first-order valence-corrected chi connectivity index (χ1v) is 13.9. The number of non-ortho nitro benzene ring substituents is 1. The summed E-state index contributed by atoms with van der Waals surface area (Å²) in [5.41, 5.74) is 6.28. The molecule has 2 aromatic heterocycles. The molecule has 0 amide bonds. The van der Waals surface area contributed by atoms with Crippen LogP contribution in [0.5, 0.6) is 0 Å². The number of aromatic nitrogens is 3. The molecule has 0 saturated heterocycles. The van der Waals surface area contributed by atoms with E-state index in [0.29, 0.717) is 17.8 Å². The van der Waals surface area contributed by atoms with Gasteiger partial charge >= 0.3 is 5.97 Å². The molecule has 41 heavy (non-hydrogen) atoms. The molecule has 3 aromatic carbocycles. The maximum atomic E-state index is 12.5. The molecule has 0 radical (unpaired) electrons. The molecule has 0 bridgehead atoms. The number of methoxy groups -OCH3 is 1. The van der Waals surface area contributed by atoms with Crippen molar-refractivity contribution in [3.8, 4) is 11.3 Å². The topological polar surface area (TPSA) is 104 Å². The van der Waals surface area contributed by atoms with Crippen LogP contribution in [-0.2, 0) is 17.8 Å². The van der Waals surface area contributed by atoms with Crippen LogP contribution in [0.2, 0.25) is 0 Å². The largest absolute Gasteiger partial charge is 0.465 e. The quantitative estimate of drug-likeness (QED) is 0.0906. The SMILES string of the molecule is COC(=O)c1ccc2c(c1)n1c(NCc3ccccc3)c(-c3ccc([N+](=O)[O-])cc3)nc1n2CCC1=CCCCC1. The van der Waals surface area contributed by atoms with Crippen LogP contribution in [0.4, 0.5) is 11.5 Å². The number of hydrogen-bond acceptors (Lipinski definition) is 6. The number of ether oxygens (including phenoxy) is 1. The Labute approximate surface area is 237 Å². The summed E-state index contributed by atoms with van der Waals surface area (Å²) in [6.45, 7) is 1.29. The highest BCUT2D eigenvalue weighted by molar-refractivity contribution is 5.96. The second-order valence-electron chi connectivity index (χ2n) is 10.3. The maximum Gasteiger partial charge on any atom is 0.337 e. The number of aryl methyl sites for hydroxylation is 1. The van der Waals surface area contributed by atoms with E-state index in [9.17, 15) is 14.9 Å². The summed E-state index contributed by atoms with van der Waals surface area (Å²) in [6.07, 6.45) is 7.99. The van der Waals surface area contributed by atoms with E-state index >= 15 is 0 Å². The molecule has 208 valence electrons. The molecule has 0 atom stereocenters. The zero-order valence-electron chi connectivity index (χ0n) is 22.9. The smallest absolute Gasteiger partial charge is 0.337 e. The standard InChI is InChI=1S/C32H31N5O4/c1-41-31(38)25-14-17-27-28(20-25)36-30(33-21-23-10-6-3-7-11-23)29(24-12-15-26(16-13-24)37(39)40)34-32(36)35(27)19-18-22-8-4-2-5-9-22/h3,6-8,10-17,20,33H,2,4-5,9,18-19,21H2,1H3. The first kappa shape index (κ1) is 26.3. The third kappa shape index (κ3) is 5.18. The van der Waals surface area contributed by atoms with E-state index in [0.717, 1.165) is 59.6 Å². The van der Waals surface area contributed by atoms with E-state index in [-0.39, 0.29) is 5.69 Å². The monoisotopic (exact) mass is 549 g/mol. The van der Waals surface area contributed by atoms with Gasteiger partial charge in [-0.1, -0.05) is 42.0 Å². The number of nitro groups is 1. The van der Waals surface area contributed by atoms with Gasteiger partial charge in [0.25, 0.3) is 5.69 Å². The molecule has 0 aliphatic heterocycles. The van der Waals surface area contributed by atoms with Gasteiger partial charge in [-0.3, -0.25) is 14.5 Å². The second kappa shape index (κ2) is 11.3. The number of fused-ring (bicyclic) bond motifs is 3. The lowest BCUT2D eigenvalue weighted by molar-refractivity contribution is -0.384. The predicted molar refractivity (Wildman–Crippen MR) is 159 cm³/mol. The minimum absolute atomic E-state index is 0.0229. The normalized spacial score (nSPS) is 13.3. The summed E-state index contributed by atoms with van der Waals surface area (Å²) < 4.78 is 9.28. The number of carbonyl (C=O) groups excluding carboxylic acids is 1.